The van der Waals surface area contributed by atoms with Gasteiger partial charge in [0.15, 0.2) is 0 Å². The van der Waals surface area contributed by atoms with E-state index in [1.807, 2.05) is 6.92 Å². The summed E-state index contributed by atoms with van der Waals surface area (Å²) in [4.78, 5) is 24.2. The van der Waals surface area contributed by atoms with Crippen molar-refractivity contribution in [2.75, 3.05) is 26.3 Å². The molecule has 2 N–H and O–H groups in total. The van der Waals surface area contributed by atoms with E-state index in [4.69, 9.17) is 10.5 Å². The molecule has 1 aliphatic heterocycles. The number of hydrogen-bond acceptors (Lipinski definition) is 3. The second-order valence-corrected chi connectivity index (χ2v) is 3.72. The summed E-state index contributed by atoms with van der Waals surface area (Å²) in [6.45, 7) is 3.62. The zero-order chi connectivity index (χ0) is 11.3. The molecule has 0 aromatic carbocycles. The Bertz CT molecular complexity index is 243. The monoisotopic (exact) mass is 214 g/mol. The summed E-state index contributed by atoms with van der Waals surface area (Å²) >= 11 is 0. The number of carbonyl (C=O) groups excluding carboxylic acids is 2. The molecule has 1 fully saturated rings. The van der Waals surface area contributed by atoms with Crippen LogP contribution in [0.15, 0.2) is 0 Å². The van der Waals surface area contributed by atoms with Crippen LogP contribution in [0.3, 0.4) is 0 Å². The van der Waals surface area contributed by atoms with Gasteiger partial charge >= 0.3 is 0 Å². The van der Waals surface area contributed by atoms with Crippen LogP contribution in [-0.4, -0.2) is 43.0 Å². The first-order valence-electron chi connectivity index (χ1n) is 5.30. The van der Waals surface area contributed by atoms with E-state index in [-0.39, 0.29) is 24.3 Å². The SMILES string of the molecule is CCOCC(=O)N1CCCC(C(N)=O)C1. The van der Waals surface area contributed by atoms with Gasteiger partial charge in [-0.1, -0.05) is 0 Å². The maximum atomic E-state index is 11.6. The van der Waals surface area contributed by atoms with Crippen molar-refractivity contribution < 1.29 is 14.3 Å². The first-order chi connectivity index (χ1) is 7.15. The predicted octanol–water partition coefficient (Wildman–Crippen LogP) is -0.253. The van der Waals surface area contributed by atoms with Crippen molar-refractivity contribution in [2.45, 2.75) is 19.8 Å². The molecular weight excluding hydrogens is 196 g/mol. The molecule has 1 heterocycles. The lowest BCUT2D eigenvalue weighted by atomic mass is 9.97. The summed E-state index contributed by atoms with van der Waals surface area (Å²) < 4.78 is 5.04. The van der Waals surface area contributed by atoms with Gasteiger partial charge in [0.2, 0.25) is 11.8 Å². The van der Waals surface area contributed by atoms with Gasteiger partial charge in [0.25, 0.3) is 0 Å². The number of nitrogens with zero attached hydrogens (tertiary/aromatic N) is 1. The number of nitrogens with two attached hydrogens (primary N) is 1. The van der Waals surface area contributed by atoms with Gasteiger partial charge in [-0.2, -0.15) is 0 Å². The Morgan fingerprint density at radius 1 is 1.53 bits per heavy atom. The average Bonchev–Trinajstić information content (AvgIpc) is 2.26. The van der Waals surface area contributed by atoms with Crippen LogP contribution in [0.2, 0.25) is 0 Å². The van der Waals surface area contributed by atoms with E-state index < -0.39 is 0 Å². The Labute approximate surface area is 89.6 Å². The molecule has 1 atom stereocenters. The van der Waals surface area contributed by atoms with E-state index in [2.05, 4.69) is 0 Å². The van der Waals surface area contributed by atoms with E-state index in [0.717, 1.165) is 12.8 Å². The molecule has 5 nitrogen and oxygen atoms in total. The molecule has 86 valence electrons. The van der Waals surface area contributed by atoms with Crippen LogP contribution < -0.4 is 5.73 Å². The first-order valence-corrected chi connectivity index (χ1v) is 5.30. The van der Waals surface area contributed by atoms with E-state index >= 15 is 0 Å². The molecule has 0 aliphatic carbocycles. The molecule has 0 aromatic rings. The molecule has 0 saturated carbocycles. The minimum absolute atomic E-state index is 0.0530. The van der Waals surface area contributed by atoms with Crippen molar-refractivity contribution in [1.29, 1.82) is 0 Å². The van der Waals surface area contributed by atoms with Gasteiger partial charge in [0.1, 0.15) is 6.61 Å². The molecule has 1 unspecified atom stereocenters. The van der Waals surface area contributed by atoms with Gasteiger partial charge in [-0.25, -0.2) is 0 Å². The highest BCUT2D eigenvalue weighted by atomic mass is 16.5. The van der Waals surface area contributed by atoms with E-state index in [0.29, 0.717) is 19.7 Å². The Morgan fingerprint density at radius 3 is 2.87 bits per heavy atom. The number of carbonyl (C=O) groups is 2. The fourth-order valence-electron chi connectivity index (χ4n) is 1.72. The maximum Gasteiger partial charge on any atom is 0.248 e. The summed E-state index contributed by atoms with van der Waals surface area (Å²) in [5.74, 6) is -0.559. The van der Waals surface area contributed by atoms with Gasteiger partial charge in [-0.3, -0.25) is 9.59 Å². The zero-order valence-electron chi connectivity index (χ0n) is 9.07. The standard InChI is InChI=1S/C10H18N2O3/c1-2-15-7-9(13)12-5-3-4-8(6-12)10(11)14/h8H,2-7H2,1H3,(H2,11,14). The third kappa shape index (κ3) is 3.51. The average molecular weight is 214 g/mol. The van der Waals surface area contributed by atoms with Crippen LogP contribution in [-0.2, 0) is 14.3 Å². The number of piperidine rings is 1. The maximum absolute atomic E-state index is 11.6. The van der Waals surface area contributed by atoms with Crippen molar-refractivity contribution in [3.8, 4) is 0 Å². The highest BCUT2D eigenvalue weighted by Crippen LogP contribution is 2.15. The van der Waals surface area contributed by atoms with Crippen LogP contribution in [0.5, 0.6) is 0 Å². The zero-order valence-corrected chi connectivity index (χ0v) is 9.07. The largest absolute Gasteiger partial charge is 0.372 e. The number of primary amides is 1. The fourth-order valence-corrected chi connectivity index (χ4v) is 1.72. The third-order valence-electron chi connectivity index (χ3n) is 2.61. The van der Waals surface area contributed by atoms with Crippen LogP contribution in [0.4, 0.5) is 0 Å². The number of rotatable bonds is 4. The molecule has 0 bridgehead atoms. The normalized spacial score (nSPS) is 21.4. The van der Waals surface area contributed by atoms with Gasteiger partial charge in [-0.05, 0) is 19.8 Å². The van der Waals surface area contributed by atoms with Crippen molar-refractivity contribution in [1.82, 2.24) is 4.90 Å². The molecule has 0 radical (unpaired) electrons. The number of ether oxygens (including phenoxy) is 1. The van der Waals surface area contributed by atoms with Crippen LogP contribution in [0, 0.1) is 5.92 Å². The van der Waals surface area contributed by atoms with E-state index in [9.17, 15) is 9.59 Å². The first kappa shape index (κ1) is 12.0. The number of likely N-dealkylation sites (tertiary alicyclic amines) is 1. The Balaban J connectivity index is 2.41. The topological polar surface area (TPSA) is 72.6 Å². The highest BCUT2D eigenvalue weighted by molar-refractivity contribution is 5.80. The molecule has 1 aliphatic rings. The molecular formula is C10H18N2O3. The van der Waals surface area contributed by atoms with Crippen LogP contribution >= 0.6 is 0 Å². The van der Waals surface area contributed by atoms with E-state index in [1.165, 1.54) is 0 Å². The van der Waals surface area contributed by atoms with Crippen LogP contribution in [0.1, 0.15) is 19.8 Å². The molecule has 0 spiro atoms. The van der Waals surface area contributed by atoms with Crippen LogP contribution in [0.25, 0.3) is 0 Å². The lowest BCUT2D eigenvalue weighted by molar-refractivity contribution is -0.139. The minimum Gasteiger partial charge on any atom is -0.372 e. The molecule has 1 rings (SSSR count). The summed E-state index contributed by atoms with van der Waals surface area (Å²) in [6, 6.07) is 0. The minimum atomic E-state index is -0.316. The highest BCUT2D eigenvalue weighted by Gasteiger charge is 2.26. The summed E-state index contributed by atoms with van der Waals surface area (Å²) in [5, 5.41) is 0. The lowest BCUT2D eigenvalue weighted by Crippen LogP contribution is -2.45. The van der Waals surface area contributed by atoms with Crippen molar-refractivity contribution in [3.05, 3.63) is 0 Å². The second kappa shape index (κ2) is 5.70. The summed E-state index contributed by atoms with van der Waals surface area (Å²) in [7, 11) is 0. The Kier molecular flexibility index (Phi) is 4.55. The fraction of sp³-hybridized carbons (Fsp3) is 0.800. The van der Waals surface area contributed by atoms with E-state index in [1.54, 1.807) is 4.90 Å². The second-order valence-electron chi connectivity index (χ2n) is 3.72. The molecule has 2 amide bonds. The molecule has 5 heteroatoms. The third-order valence-corrected chi connectivity index (χ3v) is 2.61. The molecule has 0 aromatic heterocycles. The van der Waals surface area contributed by atoms with Crippen molar-refractivity contribution >= 4 is 11.8 Å². The molecule has 1 saturated heterocycles. The Hall–Kier alpha value is -1.10. The van der Waals surface area contributed by atoms with Crippen molar-refractivity contribution in [3.63, 3.8) is 0 Å². The number of amides is 2. The van der Waals surface area contributed by atoms with Gasteiger partial charge in [0.05, 0.1) is 5.92 Å². The van der Waals surface area contributed by atoms with Gasteiger partial charge < -0.3 is 15.4 Å². The van der Waals surface area contributed by atoms with Gasteiger partial charge in [-0.15, -0.1) is 0 Å². The lowest BCUT2D eigenvalue weighted by Gasteiger charge is -2.31. The quantitative estimate of drug-likeness (QED) is 0.701. The summed E-state index contributed by atoms with van der Waals surface area (Å²) in [6.07, 6.45) is 1.62. The van der Waals surface area contributed by atoms with Crippen molar-refractivity contribution in [2.24, 2.45) is 11.7 Å². The smallest absolute Gasteiger partial charge is 0.248 e. The number of hydrogen-bond donors (Lipinski definition) is 1. The Morgan fingerprint density at radius 2 is 2.27 bits per heavy atom. The van der Waals surface area contributed by atoms with Gasteiger partial charge in [0, 0.05) is 19.7 Å². The molecule has 15 heavy (non-hydrogen) atoms. The summed E-state index contributed by atoms with van der Waals surface area (Å²) in [5.41, 5.74) is 5.22. The predicted molar refractivity (Wildman–Crippen MR) is 55.0 cm³/mol.